The van der Waals surface area contributed by atoms with E-state index >= 15 is 0 Å². The van der Waals surface area contributed by atoms with Crippen molar-refractivity contribution in [1.82, 2.24) is 14.9 Å². The summed E-state index contributed by atoms with van der Waals surface area (Å²) in [4.78, 5) is 16.3. The standard InChI is InChI=1S/C15H18ClN3O/c1-10-2-5-12-13(8-10)19(14(9-16)18-12)7-6-15(20)17-11-3-4-11/h2,5,8,11H,3-4,6-7,9H2,1H3,(H,17,20). The molecule has 1 aromatic carbocycles. The number of benzene rings is 1. The summed E-state index contributed by atoms with van der Waals surface area (Å²) in [5, 5.41) is 3.01. The number of nitrogens with zero attached hydrogens (tertiary/aromatic N) is 2. The number of halogens is 1. The first kappa shape index (κ1) is 13.4. The molecule has 0 radical (unpaired) electrons. The second-order valence-corrected chi connectivity index (χ2v) is 5.66. The van der Waals surface area contributed by atoms with Crippen LogP contribution in [0.15, 0.2) is 18.2 Å². The molecule has 3 rings (SSSR count). The quantitative estimate of drug-likeness (QED) is 0.861. The number of amides is 1. The van der Waals surface area contributed by atoms with Crippen molar-refractivity contribution in [2.75, 3.05) is 0 Å². The molecule has 106 valence electrons. The van der Waals surface area contributed by atoms with Crippen molar-refractivity contribution in [1.29, 1.82) is 0 Å². The highest BCUT2D eigenvalue weighted by atomic mass is 35.5. The van der Waals surface area contributed by atoms with Crippen molar-refractivity contribution in [3.05, 3.63) is 29.6 Å². The number of aromatic nitrogens is 2. The Morgan fingerprint density at radius 1 is 1.50 bits per heavy atom. The van der Waals surface area contributed by atoms with E-state index in [1.165, 1.54) is 5.56 Å². The van der Waals surface area contributed by atoms with Crippen molar-refractivity contribution >= 4 is 28.5 Å². The minimum Gasteiger partial charge on any atom is -0.353 e. The average Bonchev–Trinajstić information content (AvgIpc) is 3.16. The molecule has 1 heterocycles. The molecule has 1 aliphatic carbocycles. The first-order valence-electron chi connectivity index (χ1n) is 6.98. The third-order valence-corrected chi connectivity index (χ3v) is 3.85. The van der Waals surface area contributed by atoms with Crippen LogP contribution in [0, 0.1) is 6.92 Å². The maximum atomic E-state index is 11.8. The Bertz CT molecular complexity index is 646. The van der Waals surface area contributed by atoms with E-state index in [4.69, 9.17) is 11.6 Å². The predicted molar refractivity (Wildman–Crippen MR) is 79.8 cm³/mol. The average molecular weight is 292 g/mol. The van der Waals surface area contributed by atoms with Crippen LogP contribution >= 0.6 is 11.6 Å². The minimum absolute atomic E-state index is 0.113. The number of imidazole rings is 1. The summed E-state index contributed by atoms with van der Waals surface area (Å²) in [6.45, 7) is 2.68. The van der Waals surface area contributed by atoms with Gasteiger partial charge in [0.2, 0.25) is 5.91 Å². The predicted octanol–water partition coefficient (Wildman–Crippen LogP) is 2.75. The molecule has 1 fully saturated rings. The number of nitrogens with one attached hydrogen (secondary N) is 1. The van der Waals surface area contributed by atoms with E-state index in [9.17, 15) is 4.79 Å². The molecule has 1 N–H and O–H groups in total. The van der Waals surface area contributed by atoms with E-state index in [1.54, 1.807) is 0 Å². The van der Waals surface area contributed by atoms with Crippen molar-refractivity contribution < 1.29 is 4.79 Å². The molecule has 5 heteroatoms. The lowest BCUT2D eigenvalue weighted by molar-refractivity contribution is -0.121. The van der Waals surface area contributed by atoms with Crippen molar-refractivity contribution in [2.24, 2.45) is 0 Å². The molecule has 1 saturated carbocycles. The number of carbonyl (C=O) groups is 1. The van der Waals surface area contributed by atoms with E-state index < -0.39 is 0 Å². The van der Waals surface area contributed by atoms with Crippen LogP contribution in [0.4, 0.5) is 0 Å². The zero-order chi connectivity index (χ0) is 14.1. The number of carbonyl (C=O) groups excluding carboxylic acids is 1. The van der Waals surface area contributed by atoms with Crippen LogP contribution in [0.25, 0.3) is 11.0 Å². The molecule has 0 unspecified atom stereocenters. The molecule has 0 saturated heterocycles. The second-order valence-electron chi connectivity index (χ2n) is 5.40. The van der Waals surface area contributed by atoms with Gasteiger partial charge < -0.3 is 9.88 Å². The fourth-order valence-electron chi connectivity index (χ4n) is 2.38. The molecule has 1 aromatic heterocycles. The normalized spacial score (nSPS) is 14.7. The van der Waals surface area contributed by atoms with Crippen molar-refractivity contribution in [3.8, 4) is 0 Å². The van der Waals surface area contributed by atoms with E-state index in [2.05, 4.69) is 27.9 Å². The fourth-order valence-corrected chi connectivity index (χ4v) is 2.58. The van der Waals surface area contributed by atoms with E-state index in [1.807, 2.05) is 12.1 Å². The molecule has 0 atom stereocenters. The zero-order valence-electron chi connectivity index (χ0n) is 11.5. The Morgan fingerprint density at radius 3 is 3.00 bits per heavy atom. The van der Waals surface area contributed by atoms with Gasteiger partial charge in [-0.15, -0.1) is 11.6 Å². The van der Waals surface area contributed by atoms with Crippen LogP contribution in [0.2, 0.25) is 0 Å². The molecule has 1 aliphatic rings. The van der Waals surface area contributed by atoms with Crippen LogP contribution in [0.3, 0.4) is 0 Å². The molecule has 20 heavy (non-hydrogen) atoms. The Morgan fingerprint density at radius 2 is 2.30 bits per heavy atom. The summed E-state index contributed by atoms with van der Waals surface area (Å²) in [5.74, 6) is 1.30. The smallest absolute Gasteiger partial charge is 0.222 e. The third kappa shape index (κ3) is 2.80. The first-order chi connectivity index (χ1) is 9.67. The maximum Gasteiger partial charge on any atom is 0.222 e. The van der Waals surface area contributed by atoms with Gasteiger partial charge in [0.05, 0.1) is 16.9 Å². The van der Waals surface area contributed by atoms with Gasteiger partial charge in [0.15, 0.2) is 0 Å². The molecule has 0 aliphatic heterocycles. The van der Waals surface area contributed by atoms with Gasteiger partial charge in [0.1, 0.15) is 5.82 Å². The highest BCUT2D eigenvalue weighted by molar-refractivity contribution is 6.16. The number of alkyl halides is 1. The maximum absolute atomic E-state index is 11.8. The van der Waals surface area contributed by atoms with Crippen LogP contribution in [0.1, 0.15) is 30.7 Å². The SMILES string of the molecule is Cc1ccc2nc(CCl)n(CCC(=O)NC3CC3)c2c1. The van der Waals surface area contributed by atoms with Crippen LogP contribution in [0.5, 0.6) is 0 Å². The summed E-state index contributed by atoms with van der Waals surface area (Å²) in [7, 11) is 0. The highest BCUT2D eigenvalue weighted by Gasteiger charge is 2.23. The van der Waals surface area contributed by atoms with Gasteiger partial charge >= 0.3 is 0 Å². The van der Waals surface area contributed by atoms with Gasteiger partial charge in [-0.05, 0) is 37.5 Å². The summed E-state index contributed by atoms with van der Waals surface area (Å²) in [6, 6.07) is 6.55. The van der Waals surface area contributed by atoms with E-state index in [0.717, 1.165) is 29.7 Å². The van der Waals surface area contributed by atoms with Gasteiger partial charge in [-0.25, -0.2) is 4.98 Å². The topological polar surface area (TPSA) is 46.9 Å². The fraction of sp³-hybridized carbons (Fsp3) is 0.467. The van der Waals surface area contributed by atoms with E-state index in [-0.39, 0.29) is 5.91 Å². The second kappa shape index (κ2) is 5.44. The molecule has 2 aromatic rings. The molecular weight excluding hydrogens is 274 g/mol. The Labute approximate surface area is 123 Å². The van der Waals surface area contributed by atoms with Crippen LogP contribution in [-0.4, -0.2) is 21.5 Å². The van der Waals surface area contributed by atoms with Crippen molar-refractivity contribution in [3.63, 3.8) is 0 Å². The van der Waals surface area contributed by atoms with Crippen molar-refractivity contribution in [2.45, 2.75) is 44.7 Å². The van der Waals surface area contributed by atoms with Gasteiger partial charge in [-0.1, -0.05) is 6.07 Å². The summed E-state index contributed by atoms with van der Waals surface area (Å²) in [5.41, 5.74) is 3.18. The highest BCUT2D eigenvalue weighted by Crippen LogP contribution is 2.21. The van der Waals surface area contributed by atoms with Gasteiger partial charge in [0, 0.05) is 19.0 Å². The molecule has 4 nitrogen and oxygen atoms in total. The number of rotatable bonds is 5. The Hall–Kier alpha value is -1.55. The van der Waals surface area contributed by atoms with Crippen LogP contribution in [-0.2, 0) is 17.2 Å². The van der Waals surface area contributed by atoms with E-state index in [0.29, 0.717) is 24.9 Å². The van der Waals surface area contributed by atoms with Crippen LogP contribution < -0.4 is 5.32 Å². The Kier molecular flexibility index (Phi) is 3.66. The number of hydrogen-bond donors (Lipinski definition) is 1. The first-order valence-corrected chi connectivity index (χ1v) is 7.52. The lowest BCUT2D eigenvalue weighted by atomic mass is 10.2. The van der Waals surface area contributed by atoms with Gasteiger partial charge in [-0.3, -0.25) is 4.79 Å². The molecule has 0 spiro atoms. The number of hydrogen-bond acceptors (Lipinski definition) is 2. The third-order valence-electron chi connectivity index (χ3n) is 3.61. The summed E-state index contributed by atoms with van der Waals surface area (Å²) in [6.07, 6.45) is 2.71. The number of fused-ring (bicyclic) bond motifs is 1. The molecule has 0 bridgehead atoms. The lowest BCUT2D eigenvalue weighted by Gasteiger charge is -2.08. The number of aryl methyl sites for hydroxylation is 2. The van der Waals surface area contributed by atoms with Gasteiger partial charge in [-0.2, -0.15) is 0 Å². The molecule has 1 amide bonds. The summed E-state index contributed by atoms with van der Waals surface area (Å²) >= 11 is 5.97. The molecular formula is C15H18ClN3O. The summed E-state index contributed by atoms with van der Waals surface area (Å²) < 4.78 is 2.06. The lowest BCUT2D eigenvalue weighted by Crippen LogP contribution is -2.26. The van der Waals surface area contributed by atoms with Gasteiger partial charge in [0.25, 0.3) is 0 Å². The zero-order valence-corrected chi connectivity index (χ0v) is 12.3. The largest absolute Gasteiger partial charge is 0.353 e. The minimum atomic E-state index is 0.113. The Balaban J connectivity index is 1.80. The monoisotopic (exact) mass is 291 g/mol.